The molecule has 2 aromatic rings. The number of amides is 1. The fourth-order valence-electron chi connectivity index (χ4n) is 1.59. The number of carbonyl (C=O) groups excluding carboxylic acids is 1. The van der Waals surface area contributed by atoms with E-state index in [0.717, 1.165) is 10.9 Å². The van der Waals surface area contributed by atoms with E-state index in [2.05, 4.69) is 21.2 Å². The maximum Gasteiger partial charge on any atom is 0.259 e. The number of carbonyl (C=O) groups is 1. The number of benzene rings is 2. The standard InChI is InChI=1S/C14H12BrNO3/c15-8-9-4-6-10(7-5-9)16-14(19)11-2-1-3-12(17)13(11)18/h1-7,17-18H,8H2,(H,16,19). The zero-order valence-corrected chi connectivity index (χ0v) is 11.5. The summed E-state index contributed by atoms with van der Waals surface area (Å²) in [5.74, 6) is -1.21. The number of alkyl halides is 1. The summed E-state index contributed by atoms with van der Waals surface area (Å²) in [6.45, 7) is 0. The Balaban J connectivity index is 2.18. The first-order chi connectivity index (χ1) is 9.11. The van der Waals surface area contributed by atoms with Crippen molar-refractivity contribution in [3.8, 4) is 11.5 Å². The highest BCUT2D eigenvalue weighted by atomic mass is 79.9. The Bertz CT molecular complexity index is 596. The highest BCUT2D eigenvalue weighted by Gasteiger charge is 2.13. The molecule has 0 radical (unpaired) electrons. The Morgan fingerprint density at radius 2 is 1.79 bits per heavy atom. The SMILES string of the molecule is O=C(Nc1ccc(CBr)cc1)c1cccc(O)c1O. The number of aromatic hydroxyl groups is 2. The van der Waals surface area contributed by atoms with Gasteiger partial charge in [0.25, 0.3) is 5.91 Å². The molecule has 3 N–H and O–H groups in total. The van der Waals surface area contributed by atoms with Crippen LogP contribution in [-0.4, -0.2) is 16.1 Å². The number of rotatable bonds is 3. The van der Waals surface area contributed by atoms with Gasteiger partial charge in [0.05, 0.1) is 5.56 Å². The van der Waals surface area contributed by atoms with Crippen LogP contribution in [0.5, 0.6) is 11.5 Å². The van der Waals surface area contributed by atoms with Crippen LogP contribution in [0.1, 0.15) is 15.9 Å². The molecule has 0 heterocycles. The van der Waals surface area contributed by atoms with Gasteiger partial charge in [-0.2, -0.15) is 0 Å². The molecule has 2 aromatic carbocycles. The van der Waals surface area contributed by atoms with Crippen LogP contribution < -0.4 is 5.32 Å². The number of hydrogen-bond donors (Lipinski definition) is 3. The molecule has 0 saturated heterocycles. The van der Waals surface area contributed by atoms with Crippen LogP contribution >= 0.6 is 15.9 Å². The predicted molar refractivity (Wildman–Crippen MR) is 76.8 cm³/mol. The number of halogens is 1. The summed E-state index contributed by atoms with van der Waals surface area (Å²) < 4.78 is 0. The Morgan fingerprint density at radius 1 is 1.11 bits per heavy atom. The number of phenols is 2. The van der Waals surface area contributed by atoms with Crippen molar-refractivity contribution in [1.29, 1.82) is 0 Å². The Hall–Kier alpha value is -2.01. The van der Waals surface area contributed by atoms with Crippen LogP contribution in [0, 0.1) is 0 Å². The van der Waals surface area contributed by atoms with E-state index >= 15 is 0 Å². The van der Waals surface area contributed by atoms with E-state index in [1.165, 1.54) is 18.2 Å². The molecule has 0 aliphatic carbocycles. The number of phenolic OH excluding ortho intramolecular Hbond substituents is 2. The molecule has 0 aromatic heterocycles. The monoisotopic (exact) mass is 321 g/mol. The summed E-state index contributed by atoms with van der Waals surface area (Å²) in [6.07, 6.45) is 0. The molecule has 1 amide bonds. The van der Waals surface area contributed by atoms with E-state index in [-0.39, 0.29) is 11.3 Å². The maximum absolute atomic E-state index is 12.0. The largest absolute Gasteiger partial charge is 0.504 e. The van der Waals surface area contributed by atoms with Gasteiger partial charge >= 0.3 is 0 Å². The van der Waals surface area contributed by atoms with Gasteiger partial charge in [0.15, 0.2) is 11.5 Å². The lowest BCUT2D eigenvalue weighted by Crippen LogP contribution is -2.12. The van der Waals surface area contributed by atoms with Crippen molar-refractivity contribution >= 4 is 27.5 Å². The summed E-state index contributed by atoms with van der Waals surface area (Å²) in [5, 5.41) is 22.4. The second kappa shape index (κ2) is 5.75. The highest BCUT2D eigenvalue weighted by molar-refractivity contribution is 9.08. The van der Waals surface area contributed by atoms with E-state index in [4.69, 9.17) is 0 Å². The van der Waals surface area contributed by atoms with Crippen molar-refractivity contribution in [3.05, 3.63) is 53.6 Å². The fraction of sp³-hybridized carbons (Fsp3) is 0.0714. The zero-order valence-electron chi connectivity index (χ0n) is 9.93. The number of nitrogens with one attached hydrogen (secondary N) is 1. The molecule has 0 fully saturated rings. The Labute approximate surface area is 118 Å². The van der Waals surface area contributed by atoms with E-state index in [1.807, 2.05) is 12.1 Å². The van der Waals surface area contributed by atoms with Crippen molar-refractivity contribution in [2.75, 3.05) is 5.32 Å². The zero-order chi connectivity index (χ0) is 13.8. The summed E-state index contributed by atoms with van der Waals surface area (Å²) in [5.41, 5.74) is 1.75. The van der Waals surface area contributed by atoms with E-state index in [0.29, 0.717) is 5.69 Å². The van der Waals surface area contributed by atoms with Crippen LogP contribution in [0.15, 0.2) is 42.5 Å². The summed E-state index contributed by atoms with van der Waals surface area (Å²) >= 11 is 3.34. The van der Waals surface area contributed by atoms with Gasteiger partial charge in [-0.25, -0.2) is 0 Å². The van der Waals surface area contributed by atoms with Crippen LogP contribution in [0.4, 0.5) is 5.69 Å². The van der Waals surface area contributed by atoms with Crippen LogP contribution in [0.2, 0.25) is 0 Å². The molecular weight excluding hydrogens is 310 g/mol. The van der Waals surface area contributed by atoms with E-state index in [9.17, 15) is 15.0 Å². The smallest absolute Gasteiger partial charge is 0.259 e. The van der Waals surface area contributed by atoms with Crippen molar-refractivity contribution < 1.29 is 15.0 Å². The fourth-order valence-corrected chi connectivity index (χ4v) is 1.96. The molecule has 98 valence electrons. The van der Waals surface area contributed by atoms with Gasteiger partial charge in [0, 0.05) is 11.0 Å². The minimum atomic E-state index is -0.472. The summed E-state index contributed by atoms with van der Waals surface area (Å²) in [4.78, 5) is 12.0. The molecule has 4 nitrogen and oxygen atoms in total. The molecule has 0 saturated carbocycles. The number of anilines is 1. The second-order valence-corrected chi connectivity index (χ2v) is 4.52. The lowest BCUT2D eigenvalue weighted by Gasteiger charge is -2.08. The van der Waals surface area contributed by atoms with E-state index in [1.54, 1.807) is 12.1 Å². The lowest BCUT2D eigenvalue weighted by molar-refractivity contribution is 0.102. The molecule has 0 bridgehead atoms. The van der Waals surface area contributed by atoms with Crippen molar-refractivity contribution in [1.82, 2.24) is 0 Å². The van der Waals surface area contributed by atoms with Crippen molar-refractivity contribution in [3.63, 3.8) is 0 Å². The quantitative estimate of drug-likeness (QED) is 0.600. The highest BCUT2D eigenvalue weighted by Crippen LogP contribution is 2.28. The molecule has 0 atom stereocenters. The van der Waals surface area contributed by atoms with Crippen molar-refractivity contribution in [2.45, 2.75) is 5.33 Å². The molecule has 2 rings (SSSR count). The molecular formula is C14H12BrNO3. The number of para-hydroxylation sites is 1. The molecule has 0 unspecified atom stereocenters. The average molecular weight is 322 g/mol. The van der Waals surface area contributed by atoms with Crippen LogP contribution in [-0.2, 0) is 5.33 Å². The van der Waals surface area contributed by atoms with Gasteiger partial charge in [-0.05, 0) is 29.8 Å². The summed E-state index contributed by atoms with van der Waals surface area (Å²) in [7, 11) is 0. The van der Waals surface area contributed by atoms with E-state index < -0.39 is 11.7 Å². The predicted octanol–water partition coefficient (Wildman–Crippen LogP) is 3.25. The van der Waals surface area contributed by atoms with Crippen LogP contribution in [0.25, 0.3) is 0 Å². The molecule has 0 aliphatic heterocycles. The summed E-state index contributed by atoms with van der Waals surface area (Å²) in [6, 6.07) is 11.6. The second-order valence-electron chi connectivity index (χ2n) is 3.96. The third-order valence-electron chi connectivity index (χ3n) is 2.63. The third kappa shape index (κ3) is 3.06. The van der Waals surface area contributed by atoms with Gasteiger partial charge in [0.1, 0.15) is 0 Å². The number of hydrogen-bond acceptors (Lipinski definition) is 3. The van der Waals surface area contributed by atoms with Crippen molar-refractivity contribution in [2.24, 2.45) is 0 Å². The van der Waals surface area contributed by atoms with Gasteiger partial charge in [0.2, 0.25) is 0 Å². The molecule has 0 spiro atoms. The molecule has 19 heavy (non-hydrogen) atoms. The first-order valence-electron chi connectivity index (χ1n) is 5.59. The first kappa shape index (κ1) is 13.4. The van der Waals surface area contributed by atoms with Gasteiger partial charge < -0.3 is 15.5 Å². The Kier molecular flexibility index (Phi) is 4.06. The topological polar surface area (TPSA) is 69.6 Å². The Morgan fingerprint density at radius 3 is 2.42 bits per heavy atom. The van der Waals surface area contributed by atoms with Crippen LogP contribution in [0.3, 0.4) is 0 Å². The first-order valence-corrected chi connectivity index (χ1v) is 6.71. The minimum absolute atomic E-state index is 0.0320. The van der Waals surface area contributed by atoms with Gasteiger partial charge in [-0.3, -0.25) is 4.79 Å². The maximum atomic E-state index is 12.0. The lowest BCUT2D eigenvalue weighted by atomic mass is 10.1. The average Bonchev–Trinajstić information content (AvgIpc) is 2.42. The van der Waals surface area contributed by atoms with Gasteiger partial charge in [-0.1, -0.05) is 34.1 Å². The molecule has 0 aliphatic rings. The normalized spacial score (nSPS) is 10.2. The van der Waals surface area contributed by atoms with Gasteiger partial charge in [-0.15, -0.1) is 0 Å². The molecule has 5 heteroatoms. The minimum Gasteiger partial charge on any atom is -0.504 e. The third-order valence-corrected chi connectivity index (χ3v) is 3.27.